The van der Waals surface area contributed by atoms with Gasteiger partial charge < -0.3 is 8.42 Å². The minimum atomic E-state index is -2.38. The van der Waals surface area contributed by atoms with Gasteiger partial charge in [-0.2, -0.15) is 5.06 Å². The summed E-state index contributed by atoms with van der Waals surface area (Å²) in [5.74, 6) is -1.86. The summed E-state index contributed by atoms with van der Waals surface area (Å²) in [6.45, 7) is 0. The second-order valence-electron chi connectivity index (χ2n) is 2.01. The van der Waals surface area contributed by atoms with E-state index in [1.165, 1.54) is 0 Å². The van der Waals surface area contributed by atoms with Crippen molar-refractivity contribution in [2.45, 2.75) is 11.7 Å². The first-order valence-electron chi connectivity index (χ1n) is 2.69. The van der Waals surface area contributed by atoms with Crippen molar-refractivity contribution in [1.29, 1.82) is 0 Å². The second-order valence-corrected chi connectivity index (χ2v) is 3.13. The maximum absolute atomic E-state index is 10.7. The molecule has 0 aromatic carbocycles. The summed E-state index contributed by atoms with van der Waals surface area (Å²) in [5, 5.41) is 7.15. The van der Waals surface area contributed by atoms with Crippen molar-refractivity contribution >= 4 is 22.5 Å². The second kappa shape index (κ2) is 4.33. The predicted molar refractivity (Wildman–Crippen MR) is 32.0 cm³/mol. The van der Waals surface area contributed by atoms with Crippen LogP contribution in [0.3, 0.4) is 0 Å². The molecule has 1 heterocycles. The molecule has 0 aromatic rings. The van der Waals surface area contributed by atoms with Crippen LogP contribution >= 0.6 is 0 Å². The Morgan fingerprint density at radius 3 is 2.25 bits per heavy atom. The first-order chi connectivity index (χ1) is 5.04. The Labute approximate surface area is 91.7 Å². The van der Waals surface area contributed by atoms with Gasteiger partial charge in [0.1, 0.15) is 10.7 Å². The topological polar surface area (TPSA) is 96.1 Å². The summed E-state index contributed by atoms with van der Waals surface area (Å²) in [6, 6.07) is 0. The van der Waals surface area contributed by atoms with Gasteiger partial charge >= 0.3 is 29.6 Å². The van der Waals surface area contributed by atoms with Gasteiger partial charge in [-0.15, -0.1) is 0 Å². The quantitative estimate of drug-likeness (QED) is 0.153. The van der Waals surface area contributed by atoms with E-state index in [0.29, 0.717) is 0 Å². The number of hydrogen-bond acceptors (Lipinski definition) is 5. The van der Waals surface area contributed by atoms with E-state index in [2.05, 4.69) is 0 Å². The first-order valence-corrected chi connectivity index (χ1v) is 3.86. The van der Waals surface area contributed by atoms with E-state index in [9.17, 15) is 13.8 Å². The third kappa shape index (κ3) is 2.05. The van der Waals surface area contributed by atoms with Crippen LogP contribution in [0.15, 0.2) is 0 Å². The van der Waals surface area contributed by atoms with Gasteiger partial charge in [-0.25, -0.2) is 0 Å². The van der Waals surface area contributed by atoms with Crippen molar-refractivity contribution in [2.75, 3.05) is 0 Å². The Morgan fingerprint density at radius 2 is 2.08 bits per heavy atom. The Kier molecular flexibility index (Phi) is 4.35. The number of imide groups is 1. The maximum Gasteiger partial charge on any atom is 1.00 e. The molecule has 0 aromatic heterocycles. The molecule has 0 aliphatic carbocycles. The molecular weight excluding hydrogens is 197 g/mol. The molecule has 0 bridgehead atoms. The van der Waals surface area contributed by atoms with Crippen LogP contribution in [0.2, 0.25) is 0 Å². The molecule has 1 aliphatic rings. The monoisotopic (exact) mass is 202 g/mol. The molecule has 8 heteroatoms. The Morgan fingerprint density at radius 1 is 1.58 bits per heavy atom. The van der Waals surface area contributed by atoms with E-state index in [1.807, 2.05) is 0 Å². The summed E-state index contributed by atoms with van der Waals surface area (Å²) in [6.07, 6.45) is -0.404. The number of hydrogen-bond donors (Lipinski definition) is 1. The van der Waals surface area contributed by atoms with Crippen molar-refractivity contribution in [1.82, 2.24) is 5.06 Å². The van der Waals surface area contributed by atoms with Crippen molar-refractivity contribution < 1.29 is 52.8 Å². The van der Waals surface area contributed by atoms with Gasteiger partial charge in [0.05, 0.1) is 5.25 Å². The molecule has 1 atom stereocenters. The molecule has 62 valence electrons. The van der Waals surface area contributed by atoms with Crippen molar-refractivity contribution in [2.24, 2.45) is 0 Å². The average Bonchev–Trinajstić information content (AvgIpc) is 2.17. The molecule has 2 N–H and O–H groups in total. The summed E-state index contributed by atoms with van der Waals surface area (Å²) in [5.41, 5.74) is 0. The molecule has 1 unspecified atom stereocenters. The zero-order chi connectivity index (χ0) is 8.59. The first kappa shape index (κ1) is 12.0. The number of carbonyl (C=O) groups is 2. The third-order valence-corrected chi connectivity index (χ3v) is 2.18. The Hall–Kier alpha value is 0.0500. The molecule has 0 radical (unpaired) electrons. The van der Waals surface area contributed by atoms with Crippen LogP contribution in [-0.4, -0.2) is 31.5 Å². The summed E-state index contributed by atoms with van der Waals surface area (Å²) < 4.78 is 18.7. The fourth-order valence-electron chi connectivity index (χ4n) is 0.749. The Bertz CT molecular complexity index is 279. The van der Waals surface area contributed by atoms with Gasteiger partial charge in [0.15, 0.2) is 0 Å². The molecule has 6 nitrogen and oxygen atoms in total. The van der Waals surface area contributed by atoms with E-state index in [4.69, 9.17) is 9.42 Å². The van der Waals surface area contributed by atoms with Gasteiger partial charge in [-0.3, -0.25) is 14.8 Å². The SMILES string of the molecule is O=C1CC([S-](=O)=[OH+])C(=O)N1O.[Na+]. The van der Waals surface area contributed by atoms with Crippen molar-refractivity contribution in [3.63, 3.8) is 0 Å². The van der Waals surface area contributed by atoms with Gasteiger partial charge in [0, 0.05) is 6.42 Å². The zero-order valence-electron chi connectivity index (χ0n) is 6.26. The fraction of sp³-hybridized carbons (Fsp3) is 0.500. The van der Waals surface area contributed by atoms with Gasteiger partial charge in [-0.1, -0.05) is 0 Å². The van der Waals surface area contributed by atoms with E-state index in [0.717, 1.165) is 0 Å². The summed E-state index contributed by atoms with van der Waals surface area (Å²) >= 11 is 0. The molecule has 12 heavy (non-hydrogen) atoms. The summed E-state index contributed by atoms with van der Waals surface area (Å²) in [7, 11) is -2.38. The minimum absolute atomic E-state index is 0. The fourth-order valence-corrected chi connectivity index (χ4v) is 1.31. The summed E-state index contributed by atoms with van der Waals surface area (Å²) in [4.78, 5) is 21.2. The standard InChI is InChI=1S/C4H5NO5S.Na/c6-3-1-2(11(9)10)4(7)5(3)8;/h2,8-9H,1H2;/q;+1. The molecule has 2 amide bonds. The van der Waals surface area contributed by atoms with Gasteiger partial charge in [0.2, 0.25) is 5.91 Å². The number of nitrogens with zero attached hydrogens (tertiary/aromatic N) is 1. The largest absolute Gasteiger partial charge is 1.00 e. The number of amides is 2. The smallest absolute Gasteiger partial charge is 0.371 e. The molecule has 1 rings (SSSR count). The Balaban J connectivity index is 0.00000121. The number of hydroxylamine groups is 2. The van der Waals surface area contributed by atoms with E-state index < -0.39 is 34.2 Å². The third-order valence-electron chi connectivity index (χ3n) is 1.32. The van der Waals surface area contributed by atoms with Crippen molar-refractivity contribution in [3.8, 4) is 0 Å². The molecule has 1 aliphatic heterocycles. The van der Waals surface area contributed by atoms with E-state index >= 15 is 0 Å². The van der Waals surface area contributed by atoms with Crippen LogP contribution in [0.4, 0.5) is 0 Å². The number of carbonyl (C=O) groups excluding carboxylic acids is 2. The van der Waals surface area contributed by atoms with E-state index in [1.54, 1.807) is 0 Å². The van der Waals surface area contributed by atoms with Crippen LogP contribution < -0.4 is 29.6 Å². The van der Waals surface area contributed by atoms with E-state index in [-0.39, 0.29) is 34.6 Å². The van der Waals surface area contributed by atoms with Gasteiger partial charge in [0.25, 0.3) is 5.91 Å². The molecular formula is C4H5NNaO5S+. The number of rotatable bonds is 1. The maximum atomic E-state index is 10.7. The van der Waals surface area contributed by atoms with Crippen LogP contribution in [0.1, 0.15) is 6.42 Å². The zero-order valence-corrected chi connectivity index (χ0v) is 9.08. The van der Waals surface area contributed by atoms with Crippen LogP contribution in [-0.2, 0) is 24.5 Å². The molecule has 0 saturated carbocycles. The average molecular weight is 202 g/mol. The van der Waals surface area contributed by atoms with Crippen molar-refractivity contribution in [3.05, 3.63) is 0 Å². The molecule has 1 saturated heterocycles. The predicted octanol–water partition coefficient (Wildman–Crippen LogP) is -4.24. The molecule has 0 spiro atoms. The van der Waals surface area contributed by atoms with Crippen LogP contribution in [0.5, 0.6) is 0 Å². The van der Waals surface area contributed by atoms with Crippen LogP contribution in [0, 0.1) is 0 Å². The normalized spacial score (nSPS) is 23.2. The minimum Gasteiger partial charge on any atom is -0.371 e. The van der Waals surface area contributed by atoms with Crippen LogP contribution in [0.25, 0.3) is 0 Å². The molecule has 1 fully saturated rings. The van der Waals surface area contributed by atoms with Gasteiger partial charge in [-0.05, 0) is 0 Å².